The van der Waals surface area contributed by atoms with Crippen LogP contribution in [-0.2, 0) is 0 Å². The largest absolute Gasteiger partial charge is 0.309 e. The Hall–Kier alpha value is -6.70. The summed E-state index contributed by atoms with van der Waals surface area (Å²) in [7, 11) is 0. The minimum absolute atomic E-state index is 1.12. The number of para-hydroxylation sites is 2. The number of hydrogen-bond acceptors (Lipinski definition) is 1. The molecular weight excluding hydrogens is 615 g/mol. The molecule has 51 heavy (non-hydrogen) atoms. The SMILES string of the molecule is c1ccc(-c2ccccc2-c2ccccc2N(c2ccccc2-c2cccc(-c3cccc4ccccc34)c2)c2cccc3ccccc23)cc1. The molecule has 0 unspecified atom stereocenters. The molecule has 0 aromatic heterocycles. The standard InChI is InChI=1S/C50H35N/c1-2-17-36(18-3-1)42-26-8-9-29-46(42)47-30-11-13-33-50(47)51(49-34-16-22-38-20-5-7-27-44(38)49)48-32-12-10-28-45(48)40-24-14-23-39(35-40)43-31-15-21-37-19-4-6-25-41(37)43/h1-35H. The van der Waals surface area contributed by atoms with E-state index in [0.29, 0.717) is 0 Å². The van der Waals surface area contributed by atoms with Crippen LogP contribution >= 0.6 is 0 Å². The zero-order valence-electron chi connectivity index (χ0n) is 28.2. The summed E-state index contributed by atoms with van der Waals surface area (Å²) in [6, 6.07) is 76.7. The van der Waals surface area contributed by atoms with E-state index in [4.69, 9.17) is 0 Å². The molecule has 9 aromatic carbocycles. The Labute approximate surface area is 299 Å². The molecule has 9 aromatic rings. The molecule has 0 amide bonds. The summed E-state index contributed by atoms with van der Waals surface area (Å²) in [5.74, 6) is 0. The van der Waals surface area contributed by atoms with Crippen molar-refractivity contribution in [3.8, 4) is 44.5 Å². The van der Waals surface area contributed by atoms with Crippen molar-refractivity contribution in [1.82, 2.24) is 0 Å². The van der Waals surface area contributed by atoms with Gasteiger partial charge in [0.2, 0.25) is 0 Å². The summed E-state index contributed by atoms with van der Waals surface area (Å²) < 4.78 is 0. The Bertz CT molecular complexity index is 2640. The van der Waals surface area contributed by atoms with Gasteiger partial charge < -0.3 is 4.90 Å². The molecule has 0 radical (unpaired) electrons. The maximum absolute atomic E-state index is 2.47. The molecule has 9 rings (SSSR count). The fraction of sp³-hybridized carbons (Fsp3) is 0. The first-order chi connectivity index (χ1) is 25.3. The summed E-state index contributed by atoms with van der Waals surface area (Å²) in [5.41, 5.74) is 12.9. The van der Waals surface area contributed by atoms with Gasteiger partial charge in [0.25, 0.3) is 0 Å². The van der Waals surface area contributed by atoms with Crippen molar-refractivity contribution in [2.75, 3.05) is 4.90 Å². The summed E-state index contributed by atoms with van der Waals surface area (Å²) in [5, 5.41) is 4.91. The van der Waals surface area contributed by atoms with E-state index in [0.717, 1.165) is 17.1 Å². The predicted molar refractivity (Wildman–Crippen MR) is 218 cm³/mol. The third kappa shape index (κ3) is 5.65. The van der Waals surface area contributed by atoms with Crippen LogP contribution in [0.25, 0.3) is 66.1 Å². The van der Waals surface area contributed by atoms with Crippen LogP contribution < -0.4 is 4.90 Å². The molecule has 1 heteroatoms. The third-order valence-electron chi connectivity index (χ3n) is 9.87. The first kappa shape index (κ1) is 30.4. The van der Waals surface area contributed by atoms with Gasteiger partial charge in [0.05, 0.1) is 17.1 Å². The second-order valence-electron chi connectivity index (χ2n) is 12.9. The normalized spacial score (nSPS) is 11.1. The van der Waals surface area contributed by atoms with Gasteiger partial charge in [0, 0.05) is 16.5 Å². The maximum atomic E-state index is 2.47. The van der Waals surface area contributed by atoms with Crippen LogP contribution in [0.4, 0.5) is 17.1 Å². The number of nitrogens with zero attached hydrogens (tertiary/aromatic N) is 1. The highest BCUT2D eigenvalue weighted by Crippen LogP contribution is 2.48. The van der Waals surface area contributed by atoms with E-state index in [1.807, 2.05) is 0 Å². The number of hydrogen-bond donors (Lipinski definition) is 0. The second-order valence-corrected chi connectivity index (χ2v) is 12.9. The zero-order valence-corrected chi connectivity index (χ0v) is 28.2. The Morgan fingerprint density at radius 1 is 0.235 bits per heavy atom. The van der Waals surface area contributed by atoms with Crippen LogP contribution in [0.1, 0.15) is 0 Å². The van der Waals surface area contributed by atoms with Crippen molar-refractivity contribution in [3.05, 3.63) is 212 Å². The average Bonchev–Trinajstić information content (AvgIpc) is 3.21. The van der Waals surface area contributed by atoms with E-state index in [2.05, 4.69) is 217 Å². The molecule has 0 saturated heterocycles. The minimum Gasteiger partial charge on any atom is -0.309 e. The molecule has 0 bridgehead atoms. The fourth-order valence-corrected chi connectivity index (χ4v) is 7.52. The molecule has 0 spiro atoms. The lowest BCUT2D eigenvalue weighted by molar-refractivity contribution is 1.30. The first-order valence-electron chi connectivity index (χ1n) is 17.5. The van der Waals surface area contributed by atoms with Gasteiger partial charge in [-0.25, -0.2) is 0 Å². The Balaban J connectivity index is 1.29. The average molecular weight is 650 g/mol. The molecular formula is C50H35N. The Morgan fingerprint density at radius 3 is 1.43 bits per heavy atom. The van der Waals surface area contributed by atoms with Crippen molar-refractivity contribution in [2.45, 2.75) is 0 Å². The molecule has 0 atom stereocenters. The summed E-state index contributed by atoms with van der Waals surface area (Å²) in [6.45, 7) is 0. The van der Waals surface area contributed by atoms with Gasteiger partial charge in [-0.15, -0.1) is 0 Å². The van der Waals surface area contributed by atoms with E-state index in [-0.39, 0.29) is 0 Å². The molecule has 0 N–H and O–H groups in total. The summed E-state index contributed by atoms with van der Waals surface area (Å²) >= 11 is 0. The highest BCUT2D eigenvalue weighted by molar-refractivity contribution is 6.04. The van der Waals surface area contributed by atoms with Crippen LogP contribution in [0.2, 0.25) is 0 Å². The van der Waals surface area contributed by atoms with Gasteiger partial charge >= 0.3 is 0 Å². The molecule has 240 valence electrons. The van der Waals surface area contributed by atoms with Crippen LogP contribution in [-0.4, -0.2) is 0 Å². The zero-order chi connectivity index (χ0) is 34.0. The van der Waals surface area contributed by atoms with Crippen molar-refractivity contribution >= 4 is 38.6 Å². The molecule has 0 aliphatic rings. The number of benzene rings is 9. The first-order valence-corrected chi connectivity index (χ1v) is 17.5. The highest BCUT2D eigenvalue weighted by atomic mass is 15.1. The lowest BCUT2D eigenvalue weighted by atomic mass is 9.92. The van der Waals surface area contributed by atoms with E-state index >= 15 is 0 Å². The minimum atomic E-state index is 1.12. The van der Waals surface area contributed by atoms with Crippen LogP contribution in [0.3, 0.4) is 0 Å². The van der Waals surface area contributed by atoms with Gasteiger partial charge in [-0.05, 0) is 73.8 Å². The van der Waals surface area contributed by atoms with E-state index < -0.39 is 0 Å². The van der Waals surface area contributed by atoms with Crippen LogP contribution in [0.15, 0.2) is 212 Å². The third-order valence-corrected chi connectivity index (χ3v) is 9.87. The number of anilines is 3. The quantitative estimate of drug-likeness (QED) is 0.166. The topological polar surface area (TPSA) is 3.24 Å². The van der Waals surface area contributed by atoms with E-state index in [1.54, 1.807) is 0 Å². The lowest BCUT2D eigenvalue weighted by Gasteiger charge is -2.31. The van der Waals surface area contributed by atoms with Crippen molar-refractivity contribution in [3.63, 3.8) is 0 Å². The van der Waals surface area contributed by atoms with Gasteiger partial charge in [-0.2, -0.15) is 0 Å². The lowest BCUT2D eigenvalue weighted by Crippen LogP contribution is -2.13. The van der Waals surface area contributed by atoms with E-state index in [1.165, 1.54) is 66.1 Å². The van der Waals surface area contributed by atoms with Gasteiger partial charge in [0.1, 0.15) is 0 Å². The summed E-state index contributed by atoms with van der Waals surface area (Å²) in [6.07, 6.45) is 0. The van der Waals surface area contributed by atoms with Crippen molar-refractivity contribution in [2.24, 2.45) is 0 Å². The highest BCUT2D eigenvalue weighted by Gasteiger charge is 2.23. The maximum Gasteiger partial charge on any atom is 0.0540 e. The van der Waals surface area contributed by atoms with Crippen LogP contribution in [0.5, 0.6) is 0 Å². The molecule has 0 aliphatic heterocycles. The number of rotatable bonds is 7. The summed E-state index contributed by atoms with van der Waals surface area (Å²) in [4.78, 5) is 2.47. The molecule has 0 aliphatic carbocycles. The Kier molecular flexibility index (Phi) is 7.92. The predicted octanol–water partition coefficient (Wildman–Crippen LogP) is 14.1. The van der Waals surface area contributed by atoms with Crippen molar-refractivity contribution in [1.29, 1.82) is 0 Å². The van der Waals surface area contributed by atoms with Gasteiger partial charge in [0.15, 0.2) is 0 Å². The monoisotopic (exact) mass is 649 g/mol. The van der Waals surface area contributed by atoms with E-state index in [9.17, 15) is 0 Å². The second kappa shape index (κ2) is 13.3. The van der Waals surface area contributed by atoms with Crippen molar-refractivity contribution < 1.29 is 0 Å². The Morgan fingerprint density at radius 2 is 0.667 bits per heavy atom. The fourth-order valence-electron chi connectivity index (χ4n) is 7.52. The van der Waals surface area contributed by atoms with Crippen LogP contribution in [0, 0.1) is 0 Å². The van der Waals surface area contributed by atoms with Gasteiger partial charge in [-0.3, -0.25) is 0 Å². The molecule has 1 nitrogen and oxygen atoms in total. The smallest absolute Gasteiger partial charge is 0.0540 e. The number of fused-ring (bicyclic) bond motifs is 2. The molecule has 0 saturated carbocycles. The molecule has 0 heterocycles. The van der Waals surface area contributed by atoms with Gasteiger partial charge in [-0.1, -0.05) is 188 Å². The molecule has 0 fully saturated rings.